The van der Waals surface area contributed by atoms with Gasteiger partial charge in [0, 0.05) is 38.3 Å². The summed E-state index contributed by atoms with van der Waals surface area (Å²) in [6, 6.07) is 2.90. The number of nitrogens with zero attached hydrogens (tertiary/aromatic N) is 1. The lowest BCUT2D eigenvalue weighted by Gasteiger charge is -2.42. The summed E-state index contributed by atoms with van der Waals surface area (Å²) in [7, 11) is 1.78. The second-order valence-electron chi connectivity index (χ2n) is 7.64. The molecule has 1 aliphatic carbocycles. The lowest BCUT2D eigenvalue weighted by Crippen LogP contribution is -2.50. The molecular formula is C19H32N2O2. The van der Waals surface area contributed by atoms with Gasteiger partial charge in [-0.2, -0.15) is 5.26 Å². The van der Waals surface area contributed by atoms with E-state index in [4.69, 9.17) is 9.47 Å². The van der Waals surface area contributed by atoms with E-state index in [9.17, 15) is 5.26 Å². The molecule has 2 rings (SSSR count). The second kappa shape index (κ2) is 8.28. The molecule has 1 saturated heterocycles. The number of ether oxygens (including phenoxy) is 2. The largest absolute Gasteiger partial charge is 0.384 e. The van der Waals surface area contributed by atoms with Gasteiger partial charge < -0.3 is 14.8 Å². The third-order valence-corrected chi connectivity index (χ3v) is 5.95. The molecule has 3 unspecified atom stereocenters. The maximum Gasteiger partial charge on any atom is 0.0659 e. The van der Waals surface area contributed by atoms with Crippen molar-refractivity contribution in [3.8, 4) is 6.07 Å². The van der Waals surface area contributed by atoms with Crippen LogP contribution in [-0.4, -0.2) is 39.5 Å². The fourth-order valence-electron chi connectivity index (χ4n) is 4.09. The van der Waals surface area contributed by atoms with Crippen molar-refractivity contribution in [3.05, 3.63) is 12.2 Å². The molecule has 0 radical (unpaired) electrons. The van der Waals surface area contributed by atoms with Gasteiger partial charge in [-0.15, -0.1) is 0 Å². The van der Waals surface area contributed by atoms with Crippen molar-refractivity contribution in [2.45, 2.75) is 45.6 Å². The summed E-state index contributed by atoms with van der Waals surface area (Å²) in [4.78, 5) is 0. The van der Waals surface area contributed by atoms with E-state index in [0.29, 0.717) is 17.9 Å². The molecule has 23 heavy (non-hydrogen) atoms. The Bertz CT molecular complexity index is 432. The van der Waals surface area contributed by atoms with Crippen LogP contribution in [0.25, 0.3) is 0 Å². The van der Waals surface area contributed by atoms with E-state index in [1.54, 1.807) is 7.11 Å². The maximum absolute atomic E-state index is 9.49. The normalized spacial score (nSPS) is 33.8. The average molecular weight is 320 g/mol. The lowest BCUT2D eigenvalue weighted by molar-refractivity contribution is -0.0300. The van der Waals surface area contributed by atoms with E-state index in [2.05, 4.69) is 31.8 Å². The van der Waals surface area contributed by atoms with Gasteiger partial charge in [-0.05, 0) is 44.4 Å². The van der Waals surface area contributed by atoms with Crippen molar-refractivity contribution < 1.29 is 9.47 Å². The first-order chi connectivity index (χ1) is 11.0. The lowest BCUT2D eigenvalue weighted by atomic mass is 9.70. The monoisotopic (exact) mass is 320 g/mol. The molecule has 4 atom stereocenters. The highest BCUT2D eigenvalue weighted by molar-refractivity contribution is 5.07. The molecule has 130 valence electrons. The summed E-state index contributed by atoms with van der Waals surface area (Å²) in [5, 5.41) is 13.3. The third kappa shape index (κ3) is 4.56. The number of methoxy groups -OCH3 is 1. The summed E-state index contributed by atoms with van der Waals surface area (Å²) in [6.45, 7) is 11.8. The predicted molar refractivity (Wildman–Crippen MR) is 92.0 cm³/mol. The molecule has 4 nitrogen and oxygen atoms in total. The molecule has 1 aliphatic heterocycles. The molecule has 0 spiro atoms. The SMILES string of the molecule is C=C(C)[C@@H]1CC(C#N)C(C)C(NCC2(COC)CCOCC2)C1. The molecule has 0 amide bonds. The van der Waals surface area contributed by atoms with Crippen LogP contribution in [0.4, 0.5) is 0 Å². The zero-order chi connectivity index (χ0) is 16.9. The van der Waals surface area contributed by atoms with E-state index >= 15 is 0 Å². The van der Waals surface area contributed by atoms with E-state index in [1.807, 2.05) is 0 Å². The molecule has 0 aromatic carbocycles. The quantitative estimate of drug-likeness (QED) is 0.764. The molecule has 1 N–H and O–H groups in total. The third-order valence-electron chi connectivity index (χ3n) is 5.95. The minimum absolute atomic E-state index is 0.121. The Labute approximate surface area is 141 Å². The van der Waals surface area contributed by atoms with Gasteiger partial charge in [-0.3, -0.25) is 0 Å². The maximum atomic E-state index is 9.49. The molecule has 2 fully saturated rings. The number of rotatable bonds is 6. The van der Waals surface area contributed by atoms with Crippen molar-refractivity contribution in [2.24, 2.45) is 23.2 Å². The van der Waals surface area contributed by atoms with Gasteiger partial charge in [0.25, 0.3) is 0 Å². The molecule has 0 aromatic heterocycles. The van der Waals surface area contributed by atoms with Crippen LogP contribution in [0, 0.1) is 34.5 Å². The van der Waals surface area contributed by atoms with Crippen LogP contribution >= 0.6 is 0 Å². The van der Waals surface area contributed by atoms with Crippen molar-refractivity contribution in [2.75, 3.05) is 33.5 Å². The Kier molecular flexibility index (Phi) is 6.64. The number of nitrogens with one attached hydrogen (secondary N) is 1. The van der Waals surface area contributed by atoms with Gasteiger partial charge in [0.1, 0.15) is 0 Å². The van der Waals surface area contributed by atoms with Gasteiger partial charge in [-0.25, -0.2) is 0 Å². The smallest absolute Gasteiger partial charge is 0.0659 e. The van der Waals surface area contributed by atoms with Gasteiger partial charge in [0.15, 0.2) is 0 Å². The van der Waals surface area contributed by atoms with Crippen LogP contribution in [0.1, 0.15) is 39.5 Å². The van der Waals surface area contributed by atoms with Crippen LogP contribution in [0.15, 0.2) is 12.2 Å². The molecule has 0 aromatic rings. The van der Waals surface area contributed by atoms with Gasteiger partial charge >= 0.3 is 0 Å². The van der Waals surface area contributed by atoms with E-state index in [-0.39, 0.29) is 11.3 Å². The summed E-state index contributed by atoms with van der Waals surface area (Å²) < 4.78 is 11.0. The van der Waals surface area contributed by atoms with Crippen molar-refractivity contribution in [1.29, 1.82) is 5.26 Å². The molecule has 4 heteroatoms. The Balaban J connectivity index is 2.01. The molecule has 2 aliphatic rings. The van der Waals surface area contributed by atoms with E-state index in [1.165, 1.54) is 5.57 Å². The van der Waals surface area contributed by atoms with Gasteiger partial charge in [-0.1, -0.05) is 19.1 Å². The predicted octanol–water partition coefficient (Wildman–Crippen LogP) is 3.15. The van der Waals surface area contributed by atoms with E-state index < -0.39 is 0 Å². The zero-order valence-corrected chi connectivity index (χ0v) is 14.9. The highest BCUT2D eigenvalue weighted by atomic mass is 16.5. The van der Waals surface area contributed by atoms with Gasteiger partial charge in [0.05, 0.1) is 18.6 Å². The molecular weight excluding hydrogens is 288 g/mol. The van der Waals surface area contributed by atoms with E-state index in [0.717, 1.165) is 52.0 Å². The Morgan fingerprint density at radius 3 is 2.65 bits per heavy atom. The van der Waals surface area contributed by atoms with Crippen LogP contribution in [0.5, 0.6) is 0 Å². The van der Waals surface area contributed by atoms with Crippen LogP contribution in [0.3, 0.4) is 0 Å². The highest BCUT2D eigenvalue weighted by Crippen LogP contribution is 2.38. The summed E-state index contributed by atoms with van der Waals surface area (Å²) in [5.41, 5.74) is 1.38. The highest BCUT2D eigenvalue weighted by Gasteiger charge is 2.38. The Hall–Kier alpha value is -0.890. The summed E-state index contributed by atoms with van der Waals surface area (Å²) in [6.07, 6.45) is 4.14. The standard InChI is InChI=1S/C19H32N2O2/c1-14(2)16-9-17(11-20)15(3)18(10-16)21-12-19(13-22-4)5-7-23-8-6-19/h15-18,21H,1,5-10,12-13H2,2-4H3/t15?,16-,17?,18?/m1/s1. The number of hydrogen-bond donors (Lipinski definition) is 1. The summed E-state index contributed by atoms with van der Waals surface area (Å²) in [5.74, 6) is 0.965. The van der Waals surface area contributed by atoms with Crippen LogP contribution < -0.4 is 5.32 Å². The number of nitriles is 1. The first-order valence-corrected chi connectivity index (χ1v) is 8.86. The average Bonchev–Trinajstić information content (AvgIpc) is 2.55. The van der Waals surface area contributed by atoms with Crippen LogP contribution in [0.2, 0.25) is 0 Å². The number of allylic oxidation sites excluding steroid dienone is 1. The Morgan fingerprint density at radius 2 is 2.09 bits per heavy atom. The Morgan fingerprint density at radius 1 is 1.39 bits per heavy atom. The first-order valence-electron chi connectivity index (χ1n) is 8.86. The fourth-order valence-corrected chi connectivity index (χ4v) is 4.09. The molecule has 1 saturated carbocycles. The van der Waals surface area contributed by atoms with Crippen LogP contribution in [-0.2, 0) is 9.47 Å². The minimum Gasteiger partial charge on any atom is -0.384 e. The minimum atomic E-state index is 0.121. The zero-order valence-electron chi connectivity index (χ0n) is 14.9. The van der Waals surface area contributed by atoms with Crippen molar-refractivity contribution in [3.63, 3.8) is 0 Å². The van der Waals surface area contributed by atoms with Crippen molar-refractivity contribution >= 4 is 0 Å². The van der Waals surface area contributed by atoms with Crippen molar-refractivity contribution in [1.82, 2.24) is 5.32 Å². The second-order valence-corrected chi connectivity index (χ2v) is 7.64. The van der Waals surface area contributed by atoms with Gasteiger partial charge in [0.2, 0.25) is 0 Å². The first kappa shape index (κ1) is 18.4. The molecule has 1 heterocycles. The molecule has 0 bridgehead atoms. The fraction of sp³-hybridized carbons (Fsp3) is 0.842. The summed E-state index contributed by atoms with van der Waals surface area (Å²) >= 11 is 0. The number of hydrogen-bond acceptors (Lipinski definition) is 4. The topological polar surface area (TPSA) is 54.3 Å².